The molecule has 0 unspecified atom stereocenters. The standard InChI is InChI=1S/C32H35N9O6/c1-33-29(20-41(45)46)34-13-14-35-31(43)27-15-25(19-39(27)2)38-32(44)28-16-24(18-40(28)3)37-30(42)22-8-10-23(36-17-22)9-5-21-6-11-26(47-4)12-7-21/h5-12,15-20,33-34H,13-14H2,1-4H3,(H,35,43)(H,37,42)(H,38,44)/b9-5+,29-20+. The highest BCUT2D eigenvalue weighted by molar-refractivity contribution is 6.07. The largest absolute Gasteiger partial charge is 0.497 e. The van der Waals surface area contributed by atoms with Gasteiger partial charge in [-0.15, -0.1) is 0 Å². The second-order valence-electron chi connectivity index (χ2n) is 10.2. The van der Waals surface area contributed by atoms with E-state index in [0.29, 0.717) is 28.3 Å². The Kier molecular flexibility index (Phi) is 11.1. The summed E-state index contributed by atoms with van der Waals surface area (Å²) in [4.78, 5) is 53.0. The van der Waals surface area contributed by atoms with Gasteiger partial charge in [-0.2, -0.15) is 0 Å². The van der Waals surface area contributed by atoms with Gasteiger partial charge in [0.15, 0.2) is 5.82 Å². The highest BCUT2D eigenvalue weighted by atomic mass is 16.6. The van der Waals surface area contributed by atoms with Crippen LogP contribution in [0.1, 0.15) is 42.6 Å². The molecule has 0 saturated carbocycles. The van der Waals surface area contributed by atoms with Crippen molar-refractivity contribution in [2.75, 3.05) is 37.9 Å². The minimum atomic E-state index is -0.591. The molecule has 47 heavy (non-hydrogen) atoms. The fraction of sp³-hybridized carbons (Fsp3) is 0.188. The first-order valence-electron chi connectivity index (χ1n) is 14.3. The van der Waals surface area contributed by atoms with Crippen molar-refractivity contribution < 1.29 is 24.0 Å². The summed E-state index contributed by atoms with van der Waals surface area (Å²) in [5.74, 6) is -0.240. The number of hydrogen-bond acceptors (Lipinski definition) is 9. The summed E-state index contributed by atoms with van der Waals surface area (Å²) in [5.41, 5.74) is 3.40. The number of aromatic nitrogens is 3. The molecule has 1 aromatic carbocycles. The minimum absolute atomic E-state index is 0.197. The zero-order valence-electron chi connectivity index (χ0n) is 26.2. The third-order valence-electron chi connectivity index (χ3n) is 6.83. The van der Waals surface area contributed by atoms with Gasteiger partial charge in [-0.25, -0.2) is 0 Å². The van der Waals surface area contributed by atoms with E-state index in [2.05, 4.69) is 31.6 Å². The SMILES string of the molecule is CN/C(=C\[N+](=O)[O-])NCCNC(=O)c1cc(NC(=O)c2cc(NC(=O)c3ccc(/C=C/c4ccc(OC)cc4)nc3)cn2C)cn1C. The smallest absolute Gasteiger partial charge is 0.274 e. The molecule has 0 aliphatic rings. The molecule has 0 aliphatic carbocycles. The first-order chi connectivity index (χ1) is 22.6. The van der Waals surface area contributed by atoms with E-state index >= 15 is 0 Å². The van der Waals surface area contributed by atoms with Crippen LogP contribution in [-0.2, 0) is 14.1 Å². The third kappa shape index (κ3) is 9.31. The number of carbonyl (C=O) groups is 3. The normalized spacial score (nSPS) is 11.2. The molecule has 0 radical (unpaired) electrons. The summed E-state index contributed by atoms with van der Waals surface area (Å²) in [6.07, 6.45) is 9.23. The first-order valence-corrected chi connectivity index (χ1v) is 14.3. The lowest BCUT2D eigenvalue weighted by Crippen LogP contribution is -2.34. The van der Waals surface area contributed by atoms with Crippen molar-refractivity contribution in [1.82, 2.24) is 30.1 Å². The van der Waals surface area contributed by atoms with Crippen molar-refractivity contribution >= 4 is 41.2 Å². The van der Waals surface area contributed by atoms with Crippen LogP contribution in [0.3, 0.4) is 0 Å². The van der Waals surface area contributed by atoms with Gasteiger partial charge in [0.1, 0.15) is 17.1 Å². The Hall–Kier alpha value is -6.38. The van der Waals surface area contributed by atoms with Crippen LogP contribution in [-0.4, -0.2) is 64.0 Å². The number of rotatable bonds is 14. The molecule has 0 spiro atoms. The molecule has 15 nitrogen and oxygen atoms in total. The average Bonchev–Trinajstić information content (AvgIpc) is 3.62. The maximum absolute atomic E-state index is 13.1. The van der Waals surface area contributed by atoms with Crippen LogP contribution >= 0.6 is 0 Å². The molecule has 15 heteroatoms. The number of nitrogens with zero attached hydrogens (tertiary/aromatic N) is 4. The number of methoxy groups -OCH3 is 1. The van der Waals surface area contributed by atoms with E-state index < -0.39 is 16.7 Å². The van der Waals surface area contributed by atoms with Gasteiger partial charge < -0.3 is 40.5 Å². The number of aryl methyl sites for hydroxylation is 2. The number of amides is 3. The van der Waals surface area contributed by atoms with Crippen LogP contribution in [0, 0.1) is 10.1 Å². The molecule has 5 N–H and O–H groups in total. The predicted octanol–water partition coefficient (Wildman–Crippen LogP) is 3.06. The highest BCUT2D eigenvalue weighted by Gasteiger charge is 2.17. The number of nitro groups is 1. The van der Waals surface area contributed by atoms with Crippen LogP contribution in [0.4, 0.5) is 11.4 Å². The fourth-order valence-corrected chi connectivity index (χ4v) is 4.42. The zero-order chi connectivity index (χ0) is 33.9. The van der Waals surface area contributed by atoms with Gasteiger partial charge in [-0.05, 0) is 48.0 Å². The predicted molar refractivity (Wildman–Crippen MR) is 177 cm³/mol. The molecule has 0 fully saturated rings. The van der Waals surface area contributed by atoms with Crippen molar-refractivity contribution in [3.05, 3.63) is 117 Å². The van der Waals surface area contributed by atoms with E-state index in [1.807, 2.05) is 36.4 Å². The molecule has 4 rings (SSSR count). The lowest BCUT2D eigenvalue weighted by atomic mass is 10.1. The molecular weight excluding hydrogens is 606 g/mol. The van der Waals surface area contributed by atoms with Crippen molar-refractivity contribution in [2.24, 2.45) is 14.1 Å². The number of pyridine rings is 1. The fourth-order valence-electron chi connectivity index (χ4n) is 4.42. The Morgan fingerprint density at radius 2 is 1.49 bits per heavy atom. The van der Waals surface area contributed by atoms with Crippen molar-refractivity contribution in [2.45, 2.75) is 0 Å². The van der Waals surface area contributed by atoms with Gasteiger partial charge in [0.05, 0.1) is 34.7 Å². The summed E-state index contributed by atoms with van der Waals surface area (Å²) in [7, 11) is 6.49. The Morgan fingerprint density at radius 1 is 0.872 bits per heavy atom. The van der Waals surface area contributed by atoms with Gasteiger partial charge >= 0.3 is 0 Å². The Labute approximate surface area is 270 Å². The van der Waals surface area contributed by atoms with Crippen molar-refractivity contribution in [3.63, 3.8) is 0 Å². The minimum Gasteiger partial charge on any atom is -0.497 e. The second kappa shape index (κ2) is 15.6. The second-order valence-corrected chi connectivity index (χ2v) is 10.2. The summed E-state index contributed by atoms with van der Waals surface area (Å²) < 4.78 is 8.31. The number of ether oxygens (including phenoxy) is 1. The van der Waals surface area contributed by atoms with Crippen LogP contribution in [0.5, 0.6) is 5.75 Å². The quantitative estimate of drug-likeness (QED) is 0.0784. The Morgan fingerprint density at radius 3 is 2.06 bits per heavy atom. The molecule has 4 aromatic rings. The van der Waals surface area contributed by atoms with E-state index in [1.54, 1.807) is 60.9 Å². The molecule has 0 aliphatic heterocycles. The monoisotopic (exact) mass is 641 g/mol. The average molecular weight is 642 g/mol. The topological polar surface area (TPSA) is 186 Å². The number of carbonyl (C=O) groups excluding carboxylic acids is 3. The van der Waals surface area contributed by atoms with Gasteiger partial charge in [-0.3, -0.25) is 29.5 Å². The summed E-state index contributed by atoms with van der Waals surface area (Å²) >= 11 is 0. The molecule has 244 valence electrons. The lowest BCUT2D eigenvalue weighted by Gasteiger charge is -2.09. The van der Waals surface area contributed by atoms with Crippen LogP contribution in [0.2, 0.25) is 0 Å². The van der Waals surface area contributed by atoms with Crippen LogP contribution < -0.4 is 31.3 Å². The van der Waals surface area contributed by atoms with Crippen molar-refractivity contribution in [3.8, 4) is 5.75 Å². The van der Waals surface area contributed by atoms with Gasteiger partial charge in [-0.1, -0.05) is 18.2 Å². The van der Waals surface area contributed by atoms with E-state index in [9.17, 15) is 24.5 Å². The van der Waals surface area contributed by atoms with E-state index in [-0.39, 0.29) is 30.5 Å². The van der Waals surface area contributed by atoms with E-state index in [0.717, 1.165) is 17.5 Å². The molecule has 3 heterocycles. The van der Waals surface area contributed by atoms with Gasteiger partial charge in [0.2, 0.25) is 0 Å². The molecule has 3 aromatic heterocycles. The van der Waals surface area contributed by atoms with Crippen LogP contribution in [0.25, 0.3) is 12.2 Å². The van der Waals surface area contributed by atoms with E-state index in [1.165, 1.54) is 19.3 Å². The van der Waals surface area contributed by atoms with Crippen LogP contribution in [0.15, 0.2) is 79.1 Å². The zero-order valence-corrected chi connectivity index (χ0v) is 26.2. The third-order valence-corrected chi connectivity index (χ3v) is 6.83. The van der Waals surface area contributed by atoms with Gasteiger partial charge in [0.25, 0.3) is 23.9 Å². The molecule has 0 saturated heterocycles. The summed E-state index contributed by atoms with van der Waals surface area (Å²) in [6, 6.07) is 14.1. The maximum Gasteiger partial charge on any atom is 0.274 e. The highest BCUT2D eigenvalue weighted by Crippen LogP contribution is 2.19. The van der Waals surface area contributed by atoms with Crippen molar-refractivity contribution in [1.29, 1.82) is 0 Å². The number of nitrogens with one attached hydrogen (secondary N) is 5. The first kappa shape index (κ1) is 33.5. The number of anilines is 2. The molecule has 3 amide bonds. The summed E-state index contributed by atoms with van der Waals surface area (Å²) in [5, 5.41) is 24.3. The Bertz CT molecular complexity index is 1810. The molecule has 0 bridgehead atoms. The maximum atomic E-state index is 13.1. The lowest BCUT2D eigenvalue weighted by molar-refractivity contribution is -0.404. The number of hydrogen-bond donors (Lipinski definition) is 5. The number of benzene rings is 1. The molecule has 0 atom stereocenters. The Balaban J connectivity index is 1.30. The summed E-state index contributed by atoms with van der Waals surface area (Å²) in [6.45, 7) is 0.444. The molecular formula is C32H35N9O6. The van der Waals surface area contributed by atoms with E-state index in [4.69, 9.17) is 4.74 Å². The van der Waals surface area contributed by atoms with Gasteiger partial charge in [0, 0.05) is 52.8 Å².